The van der Waals surface area contributed by atoms with Crippen molar-refractivity contribution in [1.82, 2.24) is 20.6 Å². The van der Waals surface area contributed by atoms with E-state index >= 15 is 0 Å². The van der Waals surface area contributed by atoms with Crippen molar-refractivity contribution in [3.8, 4) is 0 Å². The highest BCUT2D eigenvalue weighted by Crippen LogP contribution is 2.11. The van der Waals surface area contributed by atoms with Crippen LogP contribution in [0, 0.1) is 0 Å². The van der Waals surface area contributed by atoms with Gasteiger partial charge in [-0.2, -0.15) is 0 Å². The van der Waals surface area contributed by atoms with E-state index in [2.05, 4.69) is 20.6 Å². The van der Waals surface area contributed by atoms with E-state index in [1.54, 1.807) is 18.5 Å². The summed E-state index contributed by atoms with van der Waals surface area (Å²) in [4.78, 5) is 31.0. The van der Waals surface area contributed by atoms with Gasteiger partial charge in [0.15, 0.2) is 15.0 Å². The van der Waals surface area contributed by atoms with Crippen LogP contribution in [0.5, 0.6) is 0 Å². The molecule has 1 aromatic rings. The standard InChI is InChI=1S/C11H14N4O4S2/c16-9(6-20-11-12-3-1-4-13-11)15-10(17)14-8-2-5-21(18,19)7-8/h1,3-4,8H,2,5-7H2,(H2,14,15,16,17)/t8-/m1/s1. The van der Waals surface area contributed by atoms with Gasteiger partial charge in [0.2, 0.25) is 5.91 Å². The molecule has 2 heterocycles. The third-order valence-corrected chi connectivity index (χ3v) is 5.34. The predicted octanol–water partition coefficient (Wildman–Crippen LogP) is -0.418. The van der Waals surface area contributed by atoms with E-state index in [0.29, 0.717) is 11.6 Å². The van der Waals surface area contributed by atoms with Gasteiger partial charge in [-0.3, -0.25) is 10.1 Å². The summed E-state index contributed by atoms with van der Waals surface area (Å²) in [6.07, 6.45) is 3.48. The van der Waals surface area contributed by atoms with Crippen LogP contribution in [0.4, 0.5) is 4.79 Å². The third-order valence-electron chi connectivity index (χ3n) is 2.70. The lowest BCUT2D eigenvalue weighted by atomic mass is 10.3. The van der Waals surface area contributed by atoms with Gasteiger partial charge in [-0.25, -0.2) is 23.2 Å². The van der Waals surface area contributed by atoms with Crippen LogP contribution in [0.3, 0.4) is 0 Å². The fraction of sp³-hybridized carbons (Fsp3) is 0.455. The van der Waals surface area contributed by atoms with Gasteiger partial charge in [0, 0.05) is 18.4 Å². The molecule has 0 aromatic carbocycles. The molecule has 0 radical (unpaired) electrons. The molecule has 8 nitrogen and oxygen atoms in total. The molecule has 114 valence electrons. The Morgan fingerprint density at radius 2 is 2.05 bits per heavy atom. The second-order valence-corrected chi connectivity index (χ2v) is 7.61. The number of sulfone groups is 1. The molecule has 1 fully saturated rings. The molecular weight excluding hydrogens is 316 g/mol. The maximum atomic E-state index is 11.6. The zero-order valence-corrected chi connectivity index (χ0v) is 12.6. The molecule has 2 N–H and O–H groups in total. The Balaban J connectivity index is 1.71. The largest absolute Gasteiger partial charge is 0.334 e. The number of carbonyl (C=O) groups excluding carboxylic acids is 2. The fourth-order valence-electron chi connectivity index (χ4n) is 1.78. The number of hydrogen-bond donors (Lipinski definition) is 2. The second kappa shape index (κ2) is 6.85. The highest BCUT2D eigenvalue weighted by atomic mass is 32.2. The highest BCUT2D eigenvalue weighted by Gasteiger charge is 2.29. The predicted molar refractivity (Wildman–Crippen MR) is 76.5 cm³/mol. The molecule has 1 aliphatic rings. The van der Waals surface area contributed by atoms with E-state index in [4.69, 9.17) is 0 Å². The number of aromatic nitrogens is 2. The summed E-state index contributed by atoms with van der Waals surface area (Å²) in [6.45, 7) is 0. The van der Waals surface area contributed by atoms with Crippen molar-refractivity contribution in [1.29, 1.82) is 0 Å². The Labute approximate surface area is 126 Å². The molecule has 1 saturated heterocycles. The first kappa shape index (κ1) is 15.7. The lowest BCUT2D eigenvalue weighted by molar-refractivity contribution is -0.117. The van der Waals surface area contributed by atoms with Crippen molar-refractivity contribution < 1.29 is 18.0 Å². The zero-order chi connectivity index (χ0) is 15.3. The number of urea groups is 1. The van der Waals surface area contributed by atoms with Gasteiger partial charge in [0.1, 0.15) is 0 Å². The van der Waals surface area contributed by atoms with Crippen LogP contribution in [0.25, 0.3) is 0 Å². The molecule has 0 spiro atoms. The smallest absolute Gasteiger partial charge is 0.321 e. The van der Waals surface area contributed by atoms with Gasteiger partial charge in [-0.15, -0.1) is 0 Å². The molecule has 0 unspecified atom stereocenters. The Morgan fingerprint density at radius 1 is 1.33 bits per heavy atom. The Bertz CT molecular complexity index is 620. The van der Waals surface area contributed by atoms with Gasteiger partial charge in [-0.1, -0.05) is 11.8 Å². The lowest BCUT2D eigenvalue weighted by Crippen LogP contribution is -2.45. The van der Waals surface area contributed by atoms with Crippen molar-refractivity contribution in [2.75, 3.05) is 17.3 Å². The van der Waals surface area contributed by atoms with E-state index in [-0.39, 0.29) is 17.3 Å². The first-order chi connectivity index (χ1) is 9.94. The van der Waals surface area contributed by atoms with Crippen LogP contribution in [0.1, 0.15) is 6.42 Å². The average Bonchev–Trinajstić information content (AvgIpc) is 2.76. The van der Waals surface area contributed by atoms with Gasteiger partial charge in [-0.05, 0) is 12.5 Å². The fourth-order valence-corrected chi connectivity index (χ4v) is 4.06. The molecule has 1 atom stereocenters. The van der Waals surface area contributed by atoms with E-state index in [0.717, 1.165) is 11.8 Å². The summed E-state index contributed by atoms with van der Waals surface area (Å²) in [7, 11) is -3.06. The van der Waals surface area contributed by atoms with Crippen LogP contribution >= 0.6 is 11.8 Å². The maximum absolute atomic E-state index is 11.6. The SMILES string of the molecule is O=C(CSc1ncccn1)NC(=O)N[C@@H]1CCS(=O)(=O)C1. The Kier molecular flexibility index (Phi) is 5.12. The zero-order valence-electron chi connectivity index (χ0n) is 11.0. The van der Waals surface area contributed by atoms with E-state index in [1.165, 1.54) is 0 Å². The van der Waals surface area contributed by atoms with E-state index in [9.17, 15) is 18.0 Å². The molecular formula is C11H14N4O4S2. The Morgan fingerprint density at radius 3 is 2.67 bits per heavy atom. The quantitative estimate of drug-likeness (QED) is 0.568. The summed E-state index contributed by atoms with van der Waals surface area (Å²) in [5.41, 5.74) is 0. The highest BCUT2D eigenvalue weighted by molar-refractivity contribution is 7.99. The van der Waals surface area contributed by atoms with Crippen LogP contribution in [-0.2, 0) is 14.6 Å². The summed E-state index contributed by atoms with van der Waals surface area (Å²) in [6, 6.07) is 0.539. The molecule has 0 saturated carbocycles. The minimum Gasteiger partial charge on any atom is -0.334 e. The minimum atomic E-state index is -3.06. The molecule has 0 aliphatic carbocycles. The van der Waals surface area contributed by atoms with Crippen LogP contribution in [-0.4, -0.2) is 53.6 Å². The summed E-state index contributed by atoms with van der Waals surface area (Å²) in [5.74, 6) is -0.514. The summed E-state index contributed by atoms with van der Waals surface area (Å²) in [5, 5.41) is 5.06. The van der Waals surface area contributed by atoms with Gasteiger partial charge in [0.25, 0.3) is 0 Å². The third kappa shape index (κ3) is 5.31. The minimum absolute atomic E-state index is 0.000395. The van der Waals surface area contributed by atoms with E-state index < -0.39 is 27.8 Å². The lowest BCUT2D eigenvalue weighted by Gasteiger charge is -2.10. The Hall–Kier alpha value is -1.68. The van der Waals surface area contributed by atoms with Crippen LogP contribution in [0.15, 0.2) is 23.6 Å². The van der Waals surface area contributed by atoms with Crippen molar-refractivity contribution in [2.24, 2.45) is 0 Å². The number of imide groups is 1. The first-order valence-corrected chi connectivity index (χ1v) is 8.96. The maximum Gasteiger partial charge on any atom is 0.321 e. The van der Waals surface area contributed by atoms with Crippen molar-refractivity contribution in [3.63, 3.8) is 0 Å². The van der Waals surface area contributed by atoms with Gasteiger partial charge in [0.05, 0.1) is 17.3 Å². The number of nitrogens with one attached hydrogen (secondary N) is 2. The second-order valence-electron chi connectivity index (χ2n) is 4.44. The van der Waals surface area contributed by atoms with Crippen LogP contribution in [0.2, 0.25) is 0 Å². The van der Waals surface area contributed by atoms with Gasteiger partial charge >= 0.3 is 6.03 Å². The van der Waals surface area contributed by atoms with E-state index in [1.807, 2.05) is 0 Å². The number of rotatable bonds is 4. The van der Waals surface area contributed by atoms with Crippen LogP contribution < -0.4 is 10.6 Å². The molecule has 1 aromatic heterocycles. The average molecular weight is 330 g/mol. The van der Waals surface area contributed by atoms with Crippen molar-refractivity contribution >= 4 is 33.5 Å². The summed E-state index contributed by atoms with van der Waals surface area (Å²) < 4.78 is 22.5. The number of amides is 3. The summed E-state index contributed by atoms with van der Waals surface area (Å²) >= 11 is 1.10. The number of hydrogen-bond acceptors (Lipinski definition) is 7. The van der Waals surface area contributed by atoms with Gasteiger partial charge < -0.3 is 5.32 Å². The molecule has 3 amide bonds. The topological polar surface area (TPSA) is 118 Å². The number of carbonyl (C=O) groups is 2. The molecule has 0 bridgehead atoms. The molecule has 2 rings (SSSR count). The number of nitrogens with zero attached hydrogens (tertiary/aromatic N) is 2. The molecule has 10 heteroatoms. The van der Waals surface area contributed by atoms with Crippen molar-refractivity contribution in [3.05, 3.63) is 18.5 Å². The molecule has 21 heavy (non-hydrogen) atoms. The first-order valence-electron chi connectivity index (χ1n) is 6.15. The number of thioether (sulfide) groups is 1. The normalized spacial score (nSPS) is 19.9. The molecule has 1 aliphatic heterocycles. The monoisotopic (exact) mass is 330 g/mol. The van der Waals surface area contributed by atoms with Crippen molar-refractivity contribution in [2.45, 2.75) is 17.6 Å².